The Hall–Kier alpha value is 0.250. The summed E-state index contributed by atoms with van der Waals surface area (Å²) in [5.41, 5.74) is 0. The molecule has 0 aliphatic heterocycles. The van der Waals surface area contributed by atoms with E-state index in [4.69, 9.17) is 11.6 Å². The van der Waals surface area contributed by atoms with Crippen molar-refractivity contribution in [1.29, 1.82) is 0 Å². The molecule has 2 atom stereocenters. The Labute approximate surface area is 99.0 Å². The van der Waals surface area contributed by atoms with Crippen LogP contribution >= 0.6 is 11.6 Å². The summed E-state index contributed by atoms with van der Waals surface area (Å²) in [7, 11) is 0. The number of halogens is 1. The van der Waals surface area contributed by atoms with Gasteiger partial charge in [-0.15, -0.1) is 11.6 Å². The Kier molecular flexibility index (Phi) is 4.77. The van der Waals surface area contributed by atoms with E-state index in [0.717, 1.165) is 5.92 Å². The van der Waals surface area contributed by atoms with Crippen molar-refractivity contribution >= 4 is 11.6 Å². The van der Waals surface area contributed by atoms with Crippen molar-refractivity contribution in [2.24, 2.45) is 5.92 Å². The topological polar surface area (TPSA) is 12.0 Å². The Balaban J connectivity index is 1.67. The van der Waals surface area contributed by atoms with E-state index in [2.05, 4.69) is 5.32 Å². The van der Waals surface area contributed by atoms with Crippen molar-refractivity contribution in [3.63, 3.8) is 0 Å². The highest BCUT2D eigenvalue weighted by Crippen LogP contribution is 2.26. The van der Waals surface area contributed by atoms with Crippen molar-refractivity contribution in [3.8, 4) is 0 Å². The van der Waals surface area contributed by atoms with Crippen LogP contribution in [0.1, 0.15) is 57.8 Å². The van der Waals surface area contributed by atoms with Crippen LogP contribution in [-0.2, 0) is 0 Å². The van der Waals surface area contributed by atoms with Crippen molar-refractivity contribution < 1.29 is 0 Å². The average Bonchev–Trinajstić information content (AvgIpc) is 2.29. The first kappa shape index (κ1) is 11.7. The predicted octanol–water partition coefficient (Wildman–Crippen LogP) is 3.71. The van der Waals surface area contributed by atoms with E-state index in [0.29, 0.717) is 11.4 Å². The third kappa shape index (κ3) is 3.64. The third-order valence-corrected chi connectivity index (χ3v) is 4.60. The largest absolute Gasteiger partial charge is 0.312 e. The highest BCUT2D eigenvalue weighted by Gasteiger charge is 2.23. The molecule has 0 spiro atoms. The Morgan fingerprint density at radius 3 is 2.27 bits per heavy atom. The number of hydrogen-bond acceptors (Lipinski definition) is 1. The summed E-state index contributed by atoms with van der Waals surface area (Å²) < 4.78 is 0. The van der Waals surface area contributed by atoms with Gasteiger partial charge in [0, 0.05) is 11.4 Å². The fourth-order valence-electron chi connectivity index (χ4n) is 3.02. The van der Waals surface area contributed by atoms with E-state index in [1.54, 1.807) is 0 Å². The van der Waals surface area contributed by atoms with Gasteiger partial charge in [-0.25, -0.2) is 0 Å². The van der Waals surface area contributed by atoms with Gasteiger partial charge in [0.2, 0.25) is 0 Å². The summed E-state index contributed by atoms with van der Waals surface area (Å²) in [6.07, 6.45) is 12.4. The van der Waals surface area contributed by atoms with Crippen molar-refractivity contribution in [3.05, 3.63) is 0 Å². The molecule has 0 aromatic rings. The molecular formula is C13H24ClN. The Bertz CT molecular complexity index is 177. The zero-order chi connectivity index (χ0) is 10.5. The van der Waals surface area contributed by atoms with Gasteiger partial charge in [0.05, 0.1) is 0 Å². The van der Waals surface area contributed by atoms with Gasteiger partial charge >= 0.3 is 0 Å². The van der Waals surface area contributed by atoms with E-state index in [9.17, 15) is 0 Å². The molecule has 2 rings (SSSR count). The fraction of sp³-hybridized carbons (Fsp3) is 1.00. The Morgan fingerprint density at radius 1 is 0.867 bits per heavy atom. The van der Waals surface area contributed by atoms with Crippen LogP contribution in [0, 0.1) is 5.92 Å². The van der Waals surface area contributed by atoms with Gasteiger partial charge in [0.1, 0.15) is 0 Å². The first-order valence-electron chi connectivity index (χ1n) is 6.74. The molecule has 2 aliphatic carbocycles. The SMILES string of the molecule is ClC1CCCCC1NCC1CCCCC1. The van der Waals surface area contributed by atoms with Crippen LogP contribution in [0.25, 0.3) is 0 Å². The van der Waals surface area contributed by atoms with Crippen LogP contribution in [0.4, 0.5) is 0 Å². The molecule has 15 heavy (non-hydrogen) atoms. The molecule has 2 fully saturated rings. The summed E-state index contributed by atoms with van der Waals surface area (Å²) >= 11 is 6.34. The van der Waals surface area contributed by atoms with E-state index in [1.807, 2.05) is 0 Å². The summed E-state index contributed by atoms with van der Waals surface area (Å²) in [4.78, 5) is 0. The van der Waals surface area contributed by atoms with E-state index >= 15 is 0 Å². The summed E-state index contributed by atoms with van der Waals surface area (Å²) in [6, 6.07) is 0.599. The highest BCUT2D eigenvalue weighted by atomic mass is 35.5. The van der Waals surface area contributed by atoms with Gasteiger partial charge in [0.25, 0.3) is 0 Å². The number of rotatable bonds is 3. The number of hydrogen-bond donors (Lipinski definition) is 1. The number of alkyl halides is 1. The van der Waals surface area contributed by atoms with E-state index in [-0.39, 0.29) is 0 Å². The smallest absolute Gasteiger partial charge is 0.0489 e. The monoisotopic (exact) mass is 229 g/mol. The van der Waals surface area contributed by atoms with Crippen LogP contribution in [0.5, 0.6) is 0 Å². The fourth-order valence-corrected chi connectivity index (χ4v) is 3.39. The lowest BCUT2D eigenvalue weighted by Gasteiger charge is -2.30. The second kappa shape index (κ2) is 6.10. The highest BCUT2D eigenvalue weighted by molar-refractivity contribution is 6.21. The zero-order valence-corrected chi connectivity index (χ0v) is 10.4. The van der Waals surface area contributed by atoms with Crippen LogP contribution in [0.15, 0.2) is 0 Å². The molecule has 0 aromatic carbocycles. The summed E-state index contributed by atoms with van der Waals surface area (Å²) in [6.45, 7) is 1.22. The van der Waals surface area contributed by atoms with Gasteiger partial charge in [-0.1, -0.05) is 32.1 Å². The molecule has 2 aliphatic rings. The molecular weight excluding hydrogens is 206 g/mol. The predicted molar refractivity (Wildman–Crippen MR) is 66.5 cm³/mol. The molecule has 1 nitrogen and oxygen atoms in total. The van der Waals surface area contributed by atoms with Crippen molar-refractivity contribution in [1.82, 2.24) is 5.32 Å². The second-order valence-corrected chi connectivity index (χ2v) is 5.88. The maximum Gasteiger partial charge on any atom is 0.0489 e. The minimum absolute atomic E-state index is 0.391. The van der Waals surface area contributed by atoms with E-state index < -0.39 is 0 Å². The average molecular weight is 230 g/mol. The van der Waals surface area contributed by atoms with Crippen molar-refractivity contribution in [2.75, 3.05) is 6.54 Å². The normalized spacial score (nSPS) is 34.2. The maximum absolute atomic E-state index is 6.34. The quantitative estimate of drug-likeness (QED) is 0.728. The van der Waals surface area contributed by atoms with E-state index in [1.165, 1.54) is 64.3 Å². The van der Waals surface area contributed by atoms with Crippen LogP contribution in [-0.4, -0.2) is 18.0 Å². The minimum atomic E-state index is 0.391. The molecule has 0 aromatic heterocycles. The first-order valence-corrected chi connectivity index (χ1v) is 7.17. The van der Waals surface area contributed by atoms with Gasteiger partial charge < -0.3 is 5.32 Å². The second-order valence-electron chi connectivity index (χ2n) is 5.32. The maximum atomic E-state index is 6.34. The molecule has 0 amide bonds. The standard InChI is InChI=1S/C13H24ClN/c14-12-8-4-5-9-13(12)15-10-11-6-2-1-3-7-11/h11-13,15H,1-10H2. The molecule has 1 N–H and O–H groups in total. The molecule has 0 radical (unpaired) electrons. The molecule has 2 unspecified atom stereocenters. The van der Waals surface area contributed by atoms with Gasteiger partial charge in [-0.3, -0.25) is 0 Å². The third-order valence-electron chi connectivity index (χ3n) is 4.08. The van der Waals surface area contributed by atoms with Crippen LogP contribution in [0.2, 0.25) is 0 Å². The minimum Gasteiger partial charge on any atom is -0.312 e. The summed E-state index contributed by atoms with van der Waals surface area (Å²) in [5.74, 6) is 0.935. The van der Waals surface area contributed by atoms with Gasteiger partial charge in [-0.2, -0.15) is 0 Å². The Morgan fingerprint density at radius 2 is 1.53 bits per heavy atom. The number of nitrogens with one attached hydrogen (secondary N) is 1. The lowest BCUT2D eigenvalue weighted by atomic mass is 9.88. The lowest BCUT2D eigenvalue weighted by Crippen LogP contribution is -2.41. The first-order chi connectivity index (χ1) is 7.36. The zero-order valence-electron chi connectivity index (χ0n) is 9.68. The molecule has 88 valence electrons. The molecule has 0 heterocycles. The van der Waals surface area contributed by atoms with Gasteiger partial charge in [-0.05, 0) is 38.1 Å². The lowest BCUT2D eigenvalue weighted by molar-refractivity contribution is 0.302. The summed E-state index contributed by atoms with van der Waals surface area (Å²) in [5, 5.41) is 4.10. The van der Waals surface area contributed by atoms with Crippen molar-refractivity contribution in [2.45, 2.75) is 69.2 Å². The molecule has 0 bridgehead atoms. The molecule has 0 saturated heterocycles. The van der Waals surface area contributed by atoms with Crippen LogP contribution in [0.3, 0.4) is 0 Å². The molecule has 2 heteroatoms. The van der Waals surface area contributed by atoms with Crippen LogP contribution < -0.4 is 5.32 Å². The molecule has 2 saturated carbocycles. The van der Waals surface area contributed by atoms with Gasteiger partial charge in [0.15, 0.2) is 0 Å².